The van der Waals surface area contributed by atoms with E-state index in [2.05, 4.69) is 21.3 Å². The molecule has 45 heavy (non-hydrogen) atoms. The van der Waals surface area contributed by atoms with Gasteiger partial charge in [-0.1, -0.05) is 30.3 Å². The zero-order chi connectivity index (χ0) is 33.2. The molecule has 1 aromatic rings. The van der Waals surface area contributed by atoms with Gasteiger partial charge in [0, 0.05) is 18.9 Å². The molecule has 0 radical (unpaired) electrons. The first kappa shape index (κ1) is 37.0. The summed E-state index contributed by atoms with van der Waals surface area (Å²) < 4.78 is 0. The highest BCUT2D eigenvalue weighted by Gasteiger charge is 2.29. The van der Waals surface area contributed by atoms with Crippen molar-refractivity contribution in [2.24, 2.45) is 17.6 Å². The van der Waals surface area contributed by atoms with E-state index in [1.807, 2.05) is 30.3 Å². The van der Waals surface area contributed by atoms with Gasteiger partial charge in [-0.25, -0.2) is 14.4 Å². The summed E-state index contributed by atoms with van der Waals surface area (Å²) in [4.78, 5) is 72.0. The Balaban J connectivity index is 1.84. The number of aryl methyl sites for hydroxylation is 1. The summed E-state index contributed by atoms with van der Waals surface area (Å²) >= 11 is 0. The molecule has 14 heteroatoms. The Morgan fingerprint density at radius 2 is 1.36 bits per heavy atom. The van der Waals surface area contributed by atoms with Gasteiger partial charge in [-0.15, -0.1) is 0 Å². The van der Waals surface area contributed by atoms with Gasteiger partial charge in [-0.3, -0.25) is 14.4 Å². The summed E-state index contributed by atoms with van der Waals surface area (Å²) in [6.07, 6.45) is 5.01. The van der Waals surface area contributed by atoms with Gasteiger partial charge in [-0.2, -0.15) is 0 Å². The molecule has 1 saturated carbocycles. The fourth-order valence-corrected chi connectivity index (χ4v) is 5.32. The molecule has 1 aliphatic carbocycles. The lowest BCUT2D eigenvalue weighted by Gasteiger charge is -2.28. The first-order valence-corrected chi connectivity index (χ1v) is 15.6. The molecule has 14 nitrogen and oxygen atoms in total. The zero-order valence-corrected chi connectivity index (χ0v) is 25.5. The second-order valence-electron chi connectivity index (χ2n) is 11.5. The Bertz CT molecular complexity index is 1130. The molecule has 0 unspecified atom stereocenters. The molecule has 0 aliphatic heterocycles. The highest BCUT2D eigenvalue weighted by Crippen LogP contribution is 2.28. The molecule has 2 rings (SSSR count). The van der Waals surface area contributed by atoms with Gasteiger partial charge in [0.05, 0.1) is 0 Å². The lowest BCUT2D eigenvalue weighted by molar-refractivity contribution is -0.141. The number of benzene rings is 1. The van der Waals surface area contributed by atoms with E-state index in [0.717, 1.165) is 37.7 Å². The highest BCUT2D eigenvalue weighted by molar-refractivity contribution is 5.88. The predicted octanol–water partition coefficient (Wildman–Crippen LogP) is 1.62. The van der Waals surface area contributed by atoms with E-state index in [-0.39, 0.29) is 37.1 Å². The molecular formula is C31H47N5O9. The number of carbonyl (C=O) groups excluding carboxylic acids is 3. The van der Waals surface area contributed by atoms with E-state index in [1.54, 1.807) is 0 Å². The average molecular weight is 634 g/mol. The topological polar surface area (TPSA) is 237 Å². The Morgan fingerprint density at radius 1 is 0.756 bits per heavy atom. The molecule has 0 spiro atoms. The van der Waals surface area contributed by atoms with Crippen LogP contribution in [-0.2, 0) is 30.4 Å². The van der Waals surface area contributed by atoms with Gasteiger partial charge in [0.2, 0.25) is 11.8 Å². The minimum absolute atomic E-state index is 0.00814. The van der Waals surface area contributed by atoms with Gasteiger partial charge in [-0.05, 0) is 88.7 Å². The third kappa shape index (κ3) is 14.4. The number of aliphatic carboxylic acids is 3. The molecule has 0 aromatic heterocycles. The lowest BCUT2D eigenvalue weighted by atomic mass is 9.81. The minimum atomic E-state index is -1.49. The monoisotopic (exact) mass is 633 g/mol. The number of carboxylic acids is 3. The SMILES string of the molecule is NCC1CCC(C(=O)N[C@@H](CCCc2ccccc2)C(=O)NCCCC[C@H](NC(=O)N[C@@H](CCC(=O)O)C(=O)O)C(=O)O)CC1. The zero-order valence-electron chi connectivity index (χ0n) is 25.5. The molecule has 1 aliphatic rings. The molecule has 0 saturated heterocycles. The van der Waals surface area contributed by atoms with Crippen LogP contribution in [0.25, 0.3) is 0 Å². The number of rotatable bonds is 20. The quantitative estimate of drug-likeness (QED) is 0.0966. The van der Waals surface area contributed by atoms with Crippen molar-refractivity contribution in [3.05, 3.63) is 35.9 Å². The number of urea groups is 1. The van der Waals surface area contributed by atoms with Crippen molar-refractivity contribution < 1.29 is 44.1 Å². The average Bonchev–Trinajstić information content (AvgIpc) is 3.01. The minimum Gasteiger partial charge on any atom is -0.481 e. The smallest absolute Gasteiger partial charge is 0.326 e. The summed E-state index contributed by atoms with van der Waals surface area (Å²) in [5, 5.41) is 37.5. The molecule has 3 atom stereocenters. The van der Waals surface area contributed by atoms with Gasteiger partial charge in [0.25, 0.3) is 0 Å². The van der Waals surface area contributed by atoms with E-state index >= 15 is 0 Å². The van der Waals surface area contributed by atoms with Crippen LogP contribution in [0.5, 0.6) is 0 Å². The Hall–Kier alpha value is -4.20. The van der Waals surface area contributed by atoms with Crippen molar-refractivity contribution >= 4 is 35.8 Å². The maximum atomic E-state index is 13.1. The number of carbonyl (C=O) groups is 6. The fraction of sp³-hybridized carbons (Fsp3) is 0.613. The van der Waals surface area contributed by atoms with Crippen LogP contribution in [0.2, 0.25) is 0 Å². The molecule has 250 valence electrons. The highest BCUT2D eigenvalue weighted by atomic mass is 16.4. The van der Waals surface area contributed by atoms with Gasteiger partial charge >= 0.3 is 23.9 Å². The van der Waals surface area contributed by atoms with E-state index in [9.17, 15) is 39.0 Å². The predicted molar refractivity (Wildman–Crippen MR) is 164 cm³/mol. The van der Waals surface area contributed by atoms with Crippen LogP contribution in [0.1, 0.15) is 76.2 Å². The summed E-state index contributed by atoms with van der Waals surface area (Å²) in [6, 6.07) is 5.28. The summed E-state index contributed by atoms with van der Waals surface area (Å²) in [5.74, 6) is -4.18. The van der Waals surface area contributed by atoms with Crippen molar-refractivity contribution in [2.75, 3.05) is 13.1 Å². The van der Waals surface area contributed by atoms with Crippen LogP contribution >= 0.6 is 0 Å². The third-order valence-electron chi connectivity index (χ3n) is 8.06. The molecule has 0 heterocycles. The van der Waals surface area contributed by atoms with Crippen molar-refractivity contribution in [3.8, 4) is 0 Å². The molecule has 4 amide bonds. The number of unbranched alkanes of at least 4 members (excludes halogenated alkanes) is 1. The largest absolute Gasteiger partial charge is 0.481 e. The van der Waals surface area contributed by atoms with E-state index in [0.29, 0.717) is 38.1 Å². The number of amides is 4. The van der Waals surface area contributed by atoms with Crippen LogP contribution in [0.3, 0.4) is 0 Å². The number of hydrogen-bond acceptors (Lipinski definition) is 7. The van der Waals surface area contributed by atoms with Crippen LogP contribution in [-0.4, -0.2) is 82.3 Å². The first-order chi connectivity index (χ1) is 21.5. The Kier molecular flexibility index (Phi) is 16.4. The second kappa shape index (κ2) is 20.0. The maximum absolute atomic E-state index is 13.1. The van der Waals surface area contributed by atoms with Crippen molar-refractivity contribution in [2.45, 2.75) is 95.2 Å². The van der Waals surface area contributed by atoms with Crippen molar-refractivity contribution in [3.63, 3.8) is 0 Å². The molecule has 1 fully saturated rings. The van der Waals surface area contributed by atoms with Crippen LogP contribution in [0, 0.1) is 11.8 Å². The first-order valence-electron chi connectivity index (χ1n) is 15.6. The molecule has 0 bridgehead atoms. The van der Waals surface area contributed by atoms with Crippen LogP contribution in [0.4, 0.5) is 4.79 Å². The van der Waals surface area contributed by atoms with Crippen molar-refractivity contribution in [1.29, 1.82) is 0 Å². The van der Waals surface area contributed by atoms with Crippen LogP contribution < -0.4 is 27.0 Å². The van der Waals surface area contributed by atoms with Gasteiger partial charge in [0.15, 0.2) is 0 Å². The van der Waals surface area contributed by atoms with Crippen molar-refractivity contribution in [1.82, 2.24) is 21.3 Å². The number of carboxylic acid groups (broad SMARTS) is 3. The maximum Gasteiger partial charge on any atom is 0.326 e. The summed E-state index contributed by atoms with van der Waals surface area (Å²) in [6.45, 7) is 0.829. The number of nitrogens with two attached hydrogens (primary N) is 1. The number of nitrogens with one attached hydrogen (secondary N) is 4. The van der Waals surface area contributed by atoms with E-state index in [4.69, 9.17) is 10.8 Å². The number of hydrogen-bond donors (Lipinski definition) is 8. The Morgan fingerprint density at radius 3 is 1.93 bits per heavy atom. The van der Waals surface area contributed by atoms with Crippen LogP contribution in [0.15, 0.2) is 30.3 Å². The van der Waals surface area contributed by atoms with E-state index < -0.39 is 48.5 Å². The van der Waals surface area contributed by atoms with Gasteiger partial charge in [0.1, 0.15) is 18.1 Å². The molecule has 9 N–H and O–H groups in total. The second-order valence-corrected chi connectivity index (χ2v) is 11.5. The summed E-state index contributed by atoms with van der Waals surface area (Å²) in [7, 11) is 0. The van der Waals surface area contributed by atoms with Gasteiger partial charge < -0.3 is 42.3 Å². The molecular weight excluding hydrogens is 586 g/mol. The molecule has 1 aromatic carbocycles. The third-order valence-corrected chi connectivity index (χ3v) is 8.06. The van der Waals surface area contributed by atoms with E-state index in [1.165, 1.54) is 0 Å². The lowest BCUT2D eigenvalue weighted by Crippen LogP contribution is -2.51. The standard InChI is InChI=1S/C31H47N5O9/c32-19-21-12-14-22(15-13-21)27(39)34-23(11-6-9-20-7-2-1-3-8-20)28(40)33-18-5-4-10-24(29(41)42)35-31(45)36-25(30(43)44)16-17-26(37)38/h1-3,7-8,21-25H,4-6,9-19,32H2,(H,33,40)(H,34,39)(H,37,38)(H,41,42)(H,43,44)(H2,35,36,45)/t21?,22?,23-,24-,25-/m0/s1. The normalized spacial score (nSPS) is 18.1. The Labute approximate surface area is 262 Å². The summed E-state index contributed by atoms with van der Waals surface area (Å²) in [5.41, 5.74) is 6.91. The fourth-order valence-electron chi connectivity index (χ4n) is 5.32.